The monoisotopic (exact) mass is 464 g/mol. The third-order valence-corrected chi connectivity index (χ3v) is 6.30. The maximum Gasteiger partial charge on any atom is 0.246 e. The number of ether oxygens (including phenoxy) is 2. The summed E-state index contributed by atoms with van der Waals surface area (Å²) < 4.78 is 16.1. The first-order valence-corrected chi connectivity index (χ1v) is 11.7. The van der Waals surface area contributed by atoms with E-state index in [0.717, 1.165) is 31.5 Å². The van der Waals surface area contributed by atoms with Gasteiger partial charge in [-0.1, -0.05) is 22.9 Å². The maximum atomic E-state index is 13.4. The highest BCUT2D eigenvalue weighted by Gasteiger charge is 2.30. The standard InChI is InChI=1S/C26H32N4O4/c1-5-29(26(31)20-7-6-14-30(16-20)21-11-8-18(2)9-12-21)17-24-27-25(28-34-24)19-10-13-22(32-3)23(15-19)33-4/h8-13,15,20H,5-7,14,16-17H2,1-4H3/t20-/m1/s1. The van der Waals surface area contributed by atoms with Gasteiger partial charge in [-0.2, -0.15) is 4.98 Å². The molecule has 0 radical (unpaired) electrons. The maximum absolute atomic E-state index is 13.4. The van der Waals surface area contributed by atoms with Gasteiger partial charge in [-0.3, -0.25) is 4.79 Å². The van der Waals surface area contributed by atoms with Crippen LogP contribution in [0, 0.1) is 12.8 Å². The molecule has 1 fully saturated rings. The van der Waals surface area contributed by atoms with E-state index in [0.29, 0.717) is 29.8 Å². The number of nitrogens with zero attached hydrogens (tertiary/aromatic N) is 4. The van der Waals surface area contributed by atoms with Gasteiger partial charge in [0, 0.05) is 30.9 Å². The van der Waals surface area contributed by atoms with E-state index in [4.69, 9.17) is 14.0 Å². The van der Waals surface area contributed by atoms with E-state index in [2.05, 4.69) is 46.2 Å². The number of piperidine rings is 1. The van der Waals surface area contributed by atoms with Crippen LogP contribution in [0.3, 0.4) is 0 Å². The molecule has 0 N–H and O–H groups in total. The first-order chi connectivity index (χ1) is 16.5. The van der Waals surface area contributed by atoms with Crippen molar-refractivity contribution in [1.29, 1.82) is 0 Å². The van der Waals surface area contributed by atoms with Gasteiger partial charge in [0.25, 0.3) is 0 Å². The van der Waals surface area contributed by atoms with Crippen molar-refractivity contribution in [2.45, 2.75) is 33.2 Å². The number of hydrogen-bond donors (Lipinski definition) is 0. The fourth-order valence-corrected chi connectivity index (χ4v) is 4.35. The molecule has 1 amide bonds. The average molecular weight is 465 g/mol. The first-order valence-electron chi connectivity index (χ1n) is 11.7. The lowest BCUT2D eigenvalue weighted by atomic mass is 9.95. The molecule has 1 aliphatic heterocycles. The topological polar surface area (TPSA) is 80.9 Å². The highest BCUT2D eigenvalue weighted by atomic mass is 16.5. The third kappa shape index (κ3) is 5.16. The first kappa shape index (κ1) is 23.6. The molecular weight excluding hydrogens is 432 g/mol. The van der Waals surface area contributed by atoms with Crippen molar-refractivity contribution < 1.29 is 18.8 Å². The van der Waals surface area contributed by atoms with Crippen LogP contribution in [0.25, 0.3) is 11.4 Å². The van der Waals surface area contributed by atoms with E-state index in [1.54, 1.807) is 31.3 Å². The molecule has 8 heteroatoms. The minimum absolute atomic E-state index is 0.0526. The molecule has 1 atom stereocenters. The Morgan fingerprint density at radius 2 is 1.91 bits per heavy atom. The fourth-order valence-electron chi connectivity index (χ4n) is 4.35. The number of benzene rings is 2. The second kappa shape index (κ2) is 10.6. The molecule has 0 aliphatic carbocycles. The van der Waals surface area contributed by atoms with Crippen LogP contribution in [0.5, 0.6) is 11.5 Å². The zero-order chi connectivity index (χ0) is 24.1. The Hall–Kier alpha value is -3.55. The Balaban J connectivity index is 1.43. The van der Waals surface area contributed by atoms with Gasteiger partial charge in [0.05, 0.1) is 26.7 Å². The molecule has 0 unspecified atom stereocenters. The Morgan fingerprint density at radius 3 is 2.62 bits per heavy atom. The average Bonchev–Trinajstić information content (AvgIpc) is 3.35. The van der Waals surface area contributed by atoms with Crippen LogP contribution in [0.2, 0.25) is 0 Å². The van der Waals surface area contributed by atoms with Gasteiger partial charge in [0.1, 0.15) is 0 Å². The minimum Gasteiger partial charge on any atom is -0.493 e. The van der Waals surface area contributed by atoms with Crippen molar-refractivity contribution in [2.75, 3.05) is 38.8 Å². The van der Waals surface area contributed by atoms with Crippen molar-refractivity contribution in [1.82, 2.24) is 15.0 Å². The summed E-state index contributed by atoms with van der Waals surface area (Å²) in [5, 5.41) is 4.11. The summed E-state index contributed by atoms with van der Waals surface area (Å²) in [6, 6.07) is 13.9. The third-order valence-electron chi connectivity index (χ3n) is 6.30. The highest BCUT2D eigenvalue weighted by Crippen LogP contribution is 2.31. The van der Waals surface area contributed by atoms with Crippen LogP contribution in [0.4, 0.5) is 5.69 Å². The highest BCUT2D eigenvalue weighted by molar-refractivity contribution is 5.79. The number of carbonyl (C=O) groups is 1. The molecule has 2 aromatic carbocycles. The number of hydrogen-bond acceptors (Lipinski definition) is 7. The summed E-state index contributed by atoms with van der Waals surface area (Å²) in [4.78, 5) is 22.0. The van der Waals surface area contributed by atoms with Crippen molar-refractivity contribution in [3.63, 3.8) is 0 Å². The van der Waals surface area contributed by atoms with Crippen LogP contribution in [0.15, 0.2) is 47.0 Å². The molecule has 0 bridgehead atoms. The van der Waals surface area contributed by atoms with Gasteiger partial charge >= 0.3 is 0 Å². The number of aryl methyl sites for hydroxylation is 1. The SMILES string of the molecule is CCN(Cc1nc(-c2ccc(OC)c(OC)c2)no1)C(=O)[C@@H]1CCCN(c2ccc(C)cc2)C1. The summed E-state index contributed by atoms with van der Waals surface area (Å²) in [7, 11) is 3.17. The molecule has 0 saturated carbocycles. The summed E-state index contributed by atoms with van der Waals surface area (Å²) in [5.74, 6) is 2.15. The molecule has 2 heterocycles. The number of aromatic nitrogens is 2. The molecule has 8 nitrogen and oxygen atoms in total. The lowest BCUT2D eigenvalue weighted by molar-refractivity contribution is -0.136. The Kier molecular flexibility index (Phi) is 7.35. The molecule has 4 rings (SSSR count). The van der Waals surface area contributed by atoms with Gasteiger partial charge in [0.2, 0.25) is 17.6 Å². The van der Waals surface area contributed by atoms with Crippen LogP contribution in [-0.4, -0.2) is 54.8 Å². The van der Waals surface area contributed by atoms with Gasteiger partial charge in [-0.15, -0.1) is 0 Å². The van der Waals surface area contributed by atoms with Crippen LogP contribution in [-0.2, 0) is 11.3 Å². The zero-order valence-electron chi connectivity index (χ0n) is 20.3. The summed E-state index contributed by atoms with van der Waals surface area (Å²) >= 11 is 0. The number of rotatable bonds is 8. The zero-order valence-corrected chi connectivity index (χ0v) is 20.3. The molecule has 1 saturated heterocycles. The van der Waals surface area contributed by atoms with Gasteiger partial charge in [-0.05, 0) is 57.0 Å². The van der Waals surface area contributed by atoms with Crippen molar-refractivity contribution in [3.8, 4) is 22.9 Å². The summed E-state index contributed by atoms with van der Waals surface area (Å²) in [5.41, 5.74) is 3.16. The Morgan fingerprint density at radius 1 is 1.15 bits per heavy atom. The lowest BCUT2D eigenvalue weighted by Gasteiger charge is -2.35. The van der Waals surface area contributed by atoms with Crippen molar-refractivity contribution in [3.05, 3.63) is 53.9 Å². The lowest BCUT2D eigenvalue weighted by Crippen LogP contribution is -2.44. The van der Waals surface area contributed by atoms with Crippen LogP contribution in [0.1, 0.15) is 31.2 Å². The fraction of sp³-hybridized carbons (Fsp3) is 0.423. The Bertz CT molecular complexity index is 1110. The van der Waals surface area contributed by atoms with Crippen molar-refractivity contribution >= 4 is 11.6 Å². The Labute approximate surface area is 200 Å². The molecule has 180 valence electrons. The predicted octanol–water partition coefficient (Wildman–Crippen LogP) is 4.33. The largest absolute Gasteiger partial charge is 0.493 e. The van der Waals surface area contributed by atoms with Crippen molar-refractivity contribution in [2.24, 2.45) is 5.92 Å². The molecule has 3 aromatic rings. The quantitative estimate of drug-likeness (QED) is 0.491. The summed E-state index contributed by atoms with van der Waals surface area (Å²) in [6.07, 6.45) is 1.88. The van der Waals surface area contributed by atoms with E-state index in [9.17, 15) is 4.79 Å². The number of carbonyl (C=O) groups excluding carboxylic acids is 1. The van der Waals surface area contributed by atoms with E-state index in [1.165, 1.54) is 11.3 Å². The number of methoxy groups -OCH3 is 2. The van der Waals surface area contributed by atoms with Crippen LogP contribution < -0.4 is 14.4 Å². The summed E-state index contributed by atoms with van der Waals surface area (Å²) in [6.45, 7) is 6.62. The van der Waals surface area contributed by atoms with E-state index in [1.807, 2.05) is 13.0 Å². The van der Waals surface area contributed by atoms with E-state index in [-0.39, 0.29) is 18.4 Å². The normalized spacial score (nSPS) is 15.8. The number of amides is 1. The molecule has 1 aromatic heterocycles. The van der Waals surface area contributed by atoms with Gasteiger partial charge < -0.3 is 23.8 Å². The van der Waals surface area contributed by atoms with Crippen LogP contribution >= 0.6 is 0 Å². The molecule has 0 spiro atoms. The van der Waals surface area contributed by atoms with E-state index < -0.39 is 0 Å². The minimum atomic E-state index is -0.0526. The molecule has 34 heavy (non-hydrogen) atoms. The smallest absolute Gasteiger partial charge is 0.246 e. The predicted molar refractivity (Wildman–Crippen MR) is 130 cm³/mol. The second-order valence-corrected chi connectivity index (χ2v) is 8.55. The van der Waals surface area contributed by atoms with E-state index >= 15 is 0 Å². The molecular formula is C26H32N4O4. The second-order valence-electron chi connectivity index (χ2n) is 8.55. The van der Waals surface area contributed by atoms with Gasteiger partial charge in [0.15, 0.2) is 11.5 Å². The number of anilines is 1. The molecule has 1 aliphatic rings. The van der Waals surface area contributed by atoms with Gasteiger partial charge in [-0.25, -0.2) is 0 Å².